The molecule has 5 nitrogen and oxygen atoms in total. The topological polar surface area (TPSA) is 55.2 Å². The second-order valence-corrected chi connectivity index (χ2v) is 6.92. The van der Waals surface area contributed by atoms with Gasteiger partial charge in [-0.2, -0.15) is 18.3 Å². The van der Waals surface area contributed by atoms with Crippen LogP contribution in [0.2, 0.25) is 0 Å². The van der Waals surface area contributed by atoms with Gasteiger partial charge in [-0.05, 0) is 44.7 Å². The molecule has 0 saturated heterocycles. The summed E-state index contributed by atoms with van der Waals surface area (Å²) in [5.41, 5.74) is -1.89. The molecule has 0 aliphatic heterocycles. The number of hydrogen-bond donors (Lipinski definition) is 0. The molecule has 1 aromatic heterocycles. The first-order valence-corrected chi connectivity index (χ1v) is 8.66. The van der Waals surface area contributed by atoms with Crippen molar-refractivity contribution in [2.45, 2.75) is 38.9 Å². The van der Waals surface area contributed by atoms with E-state index in [2.05, 4.69) is 5.10 Å². The Morgan fingerprint density at radius 2 is 1.93 bits per heavy atom. The number of aromatic nitrogens is 2. The molecule has 1 amide bonds. The second-order valence-electron chi connectivity index (χ2n) is 6.92. The molecule has 1 atom stereocenters. The molecule has 144 valence electrons. The van der Waals surface area contributed by atoms with Crippen molar-refractivity contribution in [1.29, 1.82) is 0 Å². The van der Waals surface area contributed by atoms with Crippen LogP contribution in [0.4, 0.5) is 13.2 Å². The van der Waals surface area contributed by atoms with Crippen molar-refractivity contribution >= 4 is 5.91 Å². The number of carbonyl (C=O) groups excluding carboxylic acids is 1. The van der Waals surface area contributed by atoms with E-state index in [1.54, 1.807) is 7.05 Å². The van der Waals surface area contributed by atoms with Crippen molar-refractivity contribution in [3.05, 3.63) is 57.5 Å². The molecule has 0 radical (unpaired) electrons. The molecule has 0 N–H and O–H groups in total. The maximum absolute atomic E-state index is 13.4. The van der Waals surface area contributed by atoms with Gasteiger partial charge in [-0.1, -0.05) is 12.1 Å². The van der Waals surface area contributed by atoms with Gasteiger partial charge in [0.1, 0.15) is 0 Å². The summed E-state index contributed by atoms with van der Waals surface area (Å²) in [4.78, 5) is 26.5. The summed E-state index contributed by atoms with van der Waals surface area (Å²) in [5, 5.41) is 4.01. The number of alkyl halides is 3. The Bertz CT molecular complexity index is 933. The molecule has 1 aliphatic carbocycles. The molecule has 1 saturated carbocycles. The van der Waals surface area contributed by atoms with E-state index < -0.39 is 23.1 Å². The highest BCUT2D eigenvalue weighted by atomic mass is 19.4. The average Bonchev–Trinajstić information content (AvgIpc) is 3.44. The number of nitrogens with zero attached hydrogens (tertiary/aromatic N) is 3. The van der Waals surface area contributed by atoms with Crippen molar-refractivity contribution in [2.24, 2.45) is 5.92 Å². The number of halogens is 3. The van der Waals surface area contributed by atoms with Gasteiger partial charge < -0.3 is 4.90 Å². The summed E-state index contributed by atoms with van der Waals surface area (Å²) in [7, 11) is 1.58. The lowest BCUT2D eigenvalue weighted by Gasteiger charge is -2.24. The fraction of sp³-hybridized carbons (Fsp3) is 0.421. The van der Waals surface area contributed by atoms with Crippen LogP contribution in [-0.4, -0.2) is 33.7 Å². The quantitative estimate of drug-likeness (QED) is 0.818. The van der Waals surface area contributed by atoms with E-state index in [1.165, 1.54) is 30.0 Å². The molecule has 27 heavy (non-hydrogen) atoms. The normalized spacial score (nSPS) is 15.5. The summed E-state index contributed by atoms with van der Waals surface area (Å²) in [6.45, 7) is 3.37. The van der Waals surface area contributed by atoms with Crippen LogP contribution in [0.25, 0.3) is 5.69 Å². The summed E-state index contributed by atoms with van der Waals surface area (Å²) >= 11 is 0. The van der Waals surface area contributed by atoms with Crippen molar-refractivity contribution in [2.75, 3.05) is 7.05 Å². The van der Waals surface area contributed by atoms with Gasteiger partial charge in [0.15, 0.2) is 5.69 Å². The fourth-order valence-electron chi connectivity index (χ4n) is 3.08. The predicted molar refractivity (Wildman–Crippen MR) is 93.9 cm³/mol. The minimum absolute atomic E-state index is 0.0593. The maximum atomic E-state index is 13.4. The zero-order chi connectivity index (χ0) is 19.9. The van der Waals surface area contributed by atoms with Gasteiger partial charge in [0.25, 0.3) is 5.91 Å². The highest BCUT2D eigenvalue weighted by molar-refractivity contribution is 5.92. The summed E-state index contributed by atoms with van der Waals surface area (Å²) in [6.07, 6.45) is -2.55. The second kappa shape index (κ2) is 6.83. The van der Waals surface area contributed by atoms with Crippen molar-refractivity contribution in [3.63, 3.8) is 0 Å². The molecule has 0 unspecified atom stereocenters. The SMILES string of the molecule is Cc1cc(=O)c(C(=O)N(C)[C@@H](C)C2CC2)nn1-c1ccccc1C(F)(F)F. The predicted octanol–water partition coefficient (Wildman–Crippen LogP) is 3.43. The Morgan fingerprint density at radius 3 is 2.52 bits per heavy atom. The Balaban J connectivity index is 2.08. The fourth-order valence-corrected chi connectivity index (χ4v) is 3.08. The van der Waals surface area contributed by atoms with Crippen LogP contribution in [0, 0.1) is 12.8 Å². The lowest BCUT2D eigenvalue weighted by molar-refractivity contribution is -0.137. The molecule has 1 aromatic carbocycles. The summed E-state index contributed by atoms with van der Waals surface area (Å²) < 4.78 is 41.1. The standard InChI is InChI=1S/C19H20F3N3O2/c1-11-10-16(26)17(18(27)24(3)12(2)13-8-9-13)23-25(11)15-7-5-4-6-14(15)19(20,21)22/h4-7,10,12-13H,8-9H2,1-3H3/t12-/m0/s1. The maximum Gasteiger partial charge on any atom is 0.418 e. The van der Waals surface area contributed by atoms with Gasteiger partial charge in [-0.15, -0.1) is 0 Å². The molecule has 3 rings (SSSR count). The van der Waals surface area contributed by atoms with Crippen molar-refractivity contribution in [3.8, 4) is 5.69 Å². The number of amides is 1. The number of carbonyl (C=O) groups is 1. The number of hydrogen-bond acceptors (Lipinski definition) is 3. The molecule has 8 heteroatoms. The molecule has 1 fully saturated rings. The number of aryl methyl sites for hydroxylation is 1. The molecule has 0 spiro atoms. The Hall–Kier alpha value is -2.64. The third kappa shape index (κ3) is 3.74. The number of benzene rings is 1. The van der Waals surface area contributed by atoms with Crippen molar-refractivity contribution < 1.29 is 18.0 Å². The molecule has 1 aliphatic rings. The zero-order valence-corrected chi connectivity index (χ0v) is 15.2. The third-order valence-electron chi connectivity index (χ3n) is 4.98. The highest BCUT2D eigenvalue weighted by Gasteiger charge is 2.36. The monoisotopic (exact) mass is 379 g/mol. The van der Waals surface area contributed by atoms with Crippen LogP contribution in [-0.2, 0) is 6.18 Å². The van der Waals surface area contributed by atoms with Crippen LogP contribution in [0.3, 0.4) is 0 Å². The first kappa shape index (κ1) is 19.1. The van der Waals surface area contributed by atoms with E-state index in [9.17, 15) is 22.8 Å². The number of para-hydroxylation sites is 1. The van der Waals surface area contributed by atoms with Crippen LogP contribution >= 0.6 is 0 Å². The van der Waals surface area contributed by atoms with E-state index in [1.807, 2.05) is 6.92 Å². The van der Waals surface area contributed by atoms with Gasteiger partial charge in [0.05, 0.1) is 11.3 Å². The third-order valence-corrected chi connectivity index (χ3v) is 4.98. The summed E-state index contributed by atoms with van der Waals surface area (Å²) in [5.74, 6) is -0.199. The van der Waals surface area contributed by atoms with E-state index in [0.29, 0.717) is 5.92 Å². The van der Waals surface area contributed by atoms with Gasteiger partial charge in [-0.25, -0.2) is 4.68 Å². The van der Waals surface area contributed by atoms with Crippen LogP contribution in [0.5, 0.6) is 0 Å². The van der Waals surface area contributed by atoms with E-state index in [4.69, 9.17) is 0 Å². The first-order valence-electron chi connectivity index (χ1n) is 8.66. The molecule has 2 aromatic rings. The minimum atomic E-state index is -4.59. The Morgan fingerprint density at radius 1 is 1.30 bits per heavy atom. The minimum Gasteiger partial charge on any atom is -0.337 e. The molecular weight excluding hydrogens is 359 g/mol. The first-order chi connectivity index (χ1) is 12.6. The van der Waals surface area contributed by atoms with Gasteiger partial charge in [0, 0.05) is 24.8 Å². The summed E-state index contributed by atoms with van der Waals surface area (Å²) in [6, 6.07) is 6.02. The lowest BCUT2D eigenvalue weighted by Crippen LogP contribution is -2.40. The molecular formula is C19H20F3N3O2. The van der Waals surface area contributed by atoms with Crippen LogP contribution in [0.1, 0.15) is 41.5 Å². The van der Waals surface area contributed by atoms with E-state index in [0.717, 1.165) is 29.7 Å². The largest absolute Gasteiger partial charge is 0.418 e. The van der Waals surface area contributed by atoms with E-state index in [-0.39, 0.29) is 23.1 Å². The van der Waals surface area contributed by atoms with Crippen molar-refractivity contribution in [1.82, 2.24) is 14.7 Å². The van der Waals surface area contributed by atoms with Crippen LogP contribution < -0.4 is 5.43 Å². The Labute approximate surface area is 154 Å². The van der Waals surface area contributed by atoms with Crippen LogP contribution in [0.15, 0.2) is 35.1 Å². The zero-order valence-electron chi connectivity index (χ0n) is 15.2. The molecule has 1 heterocycles. The van der Waals surface area contributed by atoms with Gasteiger partial charge in [-0.3, -0.25) is 9.59 Å². The highest BCUT2D eigenvalue weighted by Crippen LogP contribution is 2.35. The average molecular weight is 379 g/mol. The van der Waals surface area contributed by atoms with Gasteiger partial charge >= 0.3 is 6.18 Å². The van der Waals surface area contributed by atoms with Gasteiger partial charge in [0.2, 0.25) is 5.43 Å². The Kier molecular flexibility index (Phi) is 4.84. The molecule has 0 bridgehead atoms. The smallest absolute Gasteiger partial charge is 0.337 e. The lowest BCUT2D eigenvalue weighted by atomic mass is 10.1. The number of rotatable bonds is 4. The van der Waals surface area contributed by atoms with E-state index >= 15 is 0 Å².